The maximum Gasteiger partial charge on any atom is 0.214 e. The molecule has 2 aliphatic rings. The van der Waals surface area contributed by atoms with Crippen molar-refractivity contribution in [3.05, 3.63) is 35.9 Å². The van der Waals surface area contributed by atoms with E-state index in [1.54, 1.807) is 0 Å². The zero-order valence-electron chi connectivity index (χ0n) is 12.0. The van der Waals surface area contributed by atoms with Crippen molar-refractivity contribution in [1.82, 2.24) is 4.91 Å². The summed E-state index contributed by atoms with van der Waals surface area (Å²) in [5, 5.41) is 14.0. The van der Waals surface area contributed by atoms with E-state index in [1.807, 2.05) is 30.3 Å². The first-order valence-corrected chi connectivity index (χ1v) is 6.99. The maximum absolute atomic E-state index is 10.2. The van der Waals surface area contributed by atoms with E-state index in [0.717, 1.165) is 5.56 Å². The van der Waals surface area contributed by atoms with Crippen molar-refractivity contribution in [2.75, 3.05) is 13.7 Å². The molecule has 118 valence electrons. The van der Waals surface area contributed by atoms with Gasteiger partial charge in [0.2, 0.25) is 4.91 Å². The lowest BCUT2D eigenvalue weighted by molar-refractivity contribution is -0.338. The Labute approximate surface area is 127 Å². The zero-order chi connectivity index (χ0) is 15.5. The van der Waals surface area contributed by atoms with Crippen molar-refractivity contribution in [1.29, 1.82) is 5.53 Å². The van der Waals surface area contributed by atoms with Gasteiger partial charge in [-0.2, -0.15) is 0 Å². The highest BCUT2D eigenvalue weighted by Gasteiger charge is 2.52. The van der Waals surface area contributed by atoms with E-state index in [2.05, 4.69) is 10.0 Å². The summed E-state index contributed by atoms with van der Waals surface area (Å²) in [5.41, 5.74) is 7.82. The molecule has 8 nitrogen and oxygen atoms in total. The van der Waals surface area contributed by atoms with Gasteiger partial charge in [0, 0.05) is 12.7 Å². The van der Waals surface area contributed by atoms with Crippen LogP contribution in [0.2, 0.25) is 0 Å². The van der Waals surface area contributed by atoms with Crippen molar-refractivity contribution in [2.45, 2.75) is 36.9 Å². The minimum atomic E-state index is -1.06. The summed E-state index contributed by atoms with van der Waals surface area (Å²) < 4.78 is 22.3. The van der Waals surface area contributed by atoms with Gasteiger partial charge in [0.15, 0.2) is 18.6 Å². The standard InChI is InChI=1S/C14H18N3O5/c1-19-14-11(18)10(16-17-15)12-9(21-14)7-20-13(22-12)8-5-3-2-4-6-8/h2-6,9-15,18H,7H2,1H3/q+1/t9?,10?,11?,12-,13?,14?/m0/s1. The highest BCUT2D eigenvalue weighted by atomic mass is 16.7. The van der Waals surface area contributed by atoms with Gasteiger partial charge in [0.25, 0.3) is 0 Å². The third kappa shape index (κ3) is 2.80. The molecule has 6 atom stereocenters. The van der Waals surface area contributed by atoms with E-state index in [0.29, 0.717) is 0 Å². The Morgan fingerprint density at radius 3 is 2.77 bits per heavy atom. The second kappa shape index (κ2) is 6.62. The van der Waals surface area contributed by atoms with Crippen LogP contribution in [0.5, 0.6) is 0 Å². The summed E-state index contributed by atoms with van der Waals surface area (Å²) in [6, 6.07) is 8.73. The second-order valence-corrected chi connectivity index (χ2v) is 5.15. The van der Waals surface area contributed by atoms with Crippen LogP contribution in [0.1, 0.15) is 11.9 Å². The first-order chi connectivity index (χ1) is 10.7. The largest absolute Gasteiger partial charge is 0.385 e. The lowest BCUT2D eigenvalue weighted by atomic mass is 9.96. The number of rotatable bonds is 3. The SMILES string of the molecule is COC1OC2COC(c3ccccc3)O[C@@H]2C(N=[N+]=N)C1O. The number of aliphatic hydroxyl groups excluding tert-OH is 1. The van der Waals surface area contributed by atoms with Gasteiger partial charge in [-0.1, -0.05) is 30.3 Å². The molecule has 0 bridgehead atoms. The molecule has 2 N–H and O–H groups in total. The molecule has 0 spiro atoms. The smallest absolute Gasteiger partial charge is 0.214 e. The third-order valence-corrected chi connectivity index (χ3v) is 3.83. The minimum Gasteiger partial charge on any atom is -0.385 e. The van der Waals surface area contributed by atoms with Crippen molar-refractivity contribution < 1.29 is 24.1 Å². The molecule has 2 aliphatic heterocycles. The van der Waals surface area contributed by atoms with E-state index in [-0.39, 0.29) is 6.61 Å². The lowest BCUT2D eigenvalue weighted by Gasteiger charge is -2.44. The molecule has 1 aromatic carbocycles. The van der Waals surface area contributed by atoms with Gasteiger partial charge < -0.3 is 24.1 Å². The van der Waals surface area contributed by atoms with Crippen LogP contribution in [0.25, 0.3) is 0 Å². The van der Waals surface area contributed by atoms with Crippen LogP contribution in [0.15, 0.2) is 35.4 Å². The predicted octanol–water partition coefficient (Wildman–Crippen LogP) is 0.752. The number of aliphatic hydroxyl groups is 1. The number of hydrogen-bond donors (Lipinski definition) is 2. The molecule has 5 unspecified atom stereocenters. The van der Waals surface area contributed by atoms with E-state index in [4.69, 9.17) is 24.5 Å². The Balaban J connectivity index is 1.82. The van der Waals surface area contributed by atoms with Gasteiger partial charge in [-0.15, -0.1) is 0 Å². The van der Waals surface area contributed by atoms with Crippen LogP contribution in [-0.4, -0.2) is 49.5 Å². The average molecular weight is 308 g/mol. The quantitative estimate of drug-likeness (QED) is 0.633. The molecule has 0 aromatic heterocycles. The van der Waals surface area contributed by atoms with E-state index in [1.165, 1.54) is 7.11 Å². The Kier molecular flexibility index (Phi) is 4.58. The fourth-order valence-electron chi connectivity index (χ4n) is 2.75. The Hall–Kier alpha value is -1.67. The van der Waals surface area contributed by atoms with Crippen LogP contribution < -0.4 is 4.91 Å². The van der Waals surface area contributed by atoms with Crippen LogP contribution in [0.4, 0.5) is 0 Å². The summed E-state index contributed by atoms with van der Waals surface area (Å²) >= 11 is 0. The molecule has 22 heavy (non-hydrogen) atoms. The van der Waals surface area contributed by atoms with Crippen molar-refractivity contribution in [3.63, 3.8) is 0 Å². The number of ether oxygens (including phenoxy) is 4. The molecule has 2 saturated heterocycles. The van der Waals surface area contributed by atoms with Crippen LogP contribution in [0, 0.1) is 5.53 Å². The Morgan fingerprint density at radius 2 is 2.09 bits per heavy atom. The minimum absolute atomic E-state index is 0.279. The molecule has 1 aromatic rings. The van der Waals surface area contributed by atoms with Gasteiger partial charge in [0.1, 0.15) is 29.0 Å². The number of hydrogen-bond acceptors (Lipinski definition) is 7. The van der Waals surface area contributed by atoms with Crippen molar-refractivity contribution >= 4 is 0 Å². The molecular formula is C14H18N3O5+. The maximum atomic E-state index is 10.2. The molecule has 0 amide bonds. The van der Waals surface area contributed by atoms with Gasteiger partial charge >= 0.3 is 0 Å². The highest BCUT2D eigenvalue weighted by molar-refractivity contribution is 5.16. The summed E-state index contributed by atoms with van der Waals surface area (Å²) in [4.78, 5) is 3.05. The van der Waals surface area contributed by atoms with E-state index >= 15 is 0 Å². The third-order valence-electron chi connectivity index (χ3n) is 3.83. The summed E-state index contributed by atoms with van der Waals surface area (Å²) in [5.74, 6) is 0. The zero-order valence-corrected chi connectivity index (χ0v) is 12.0. The molecule has 2 fully saturated rings. The van der Waals surface area contributed by atoms with Crippen LogP contribution in [-0.2, 0) is 18.9 Å². The normalized spacial score (nSPS) is 37.9. The highest BCUT2D eigenvalue weighted by Crippen LogP contribution is 2.35. The molecule has 0 radical (unpaired) electrons. The predicted molar refractivity (Wildman–Crippen MR) is 72.8 cm³/mol. The second-order valence-electron chi connectivity index (χ2n) is 5.15. The topological polar surface area (TPSA) is 107 Å². The molecule has 8 heteroatoms. The Bertz CT molecular complexity index is 551. The van der Waals surface area contributed by atoms with E-state index < -0.39 is 36.9 Å². The van der Waals surface area contributed by atoms with Gasteiger partial charge in [0.05, 0.1) is 6.61 Å². The first kappa shape index (κ1) is 15.2. The fraction of sp³-hybridized carbons (Fsp3) is 0.571. The monoisotopic (exact) mass is 308 g/mol. The average Bonchev–Trinajstić information content (AvgIpc) is 2.57. The lowest BCUT2D eigenvalue weighted by Crippen LogP contribution is -2.61. The van der Waals surface area contributed by atoms with Gasteiger partial charge in [-0.3, -0.25) is 0 Å². The Morgan fingerprint density at radius 1 is 1.32 bits per heavy atom. The molecule has 3 rings (SSSR count). The summed E-state index contributed by atoms with van der Waals surface area (Å²) in [6.07, 6.45) is -3.48. The van der Waals surface area contributed by atoms with Crippen LogP contribution >= 0.6 is 0 Å². The van der Waals surface area contributed by atoms with E-state index in [9.17, 15) is 5.11 Å². The summed E-state index contributed by atoms with van der Waals surface area (Å²) in [7, 11) is 1.43. The number of nitrogens with zero attached hydrogens (tertiary/aromatic N) is 2. The van der Waals surface area contributed by atoms with Crippen molar-refractivity contribution in [2.24, 2.45) is 5.11 Å². The number of methoxy groups -OCH3 is 1. The van der Waals surface area contributed by atoms with Gasteiger partial charge in [-0.05, 0) is 0 Å². The first-order valence-electron chi connectivity index (χ1n) is 6.99. The summed E-state index contributed by atoms with van der Waals surface area (Å²) in [6.45, 7) is 0.279. The molecule has 2 heterocycles. The number of nitrogens with one attached hydrogen (secondary N) is 1. The number of fused-ring (bicyclic) bond motifs is 1. The van der Waals surface area contributed by atoms with Gasteiger partial charge in [-0.25, -0.2) is 0 Å². The molecule has 0 saturated carbocycles. The molecule has 0 aliphatic carbocycles. The number of benzene rings is 1. The fourth-order valence-corrected chi connectivity index (χ4v) is 2.75. The molecular weight excluding hydrogens is 290 g/mol. The van der Waals surface area contributed by atoms with Crippen LogP contribution in [0.3, 0.4) is 0 Å². The van der Waals surface area contributed by atoms with Crippen molar-refractivity contribution in [3.8, 4) is 0 Å².